The molecule has 0 spiro atoms. The first-order chi connectivity index (χ1) is 15.6. The zero-order valence-electron chi connectivity index (χ0n) is 17.9. The van der Waals surface area contributed by atoms with Gasteiger partial charge >= 0.3 is 16.2 Å². The zero-order chi connectivity index (χ0) is 24.2. The molecule has 2 heterocycles. The van der Waals surface area contributed by atoms with Gasteiger partial charge in [-0.2, -0.15) is 8.42 Å². The van der Waals surface area contributed by atoms with Crippen LogP contribution in [0.4, 0.5) is 13.6 Å². The summed E-state index contributed by atoms with van der Waals surface area (Å²) in [7, 11) is -4.59. The smallest absolute Gasteiger partial charge is 0.404 e. The SMILES string of the molecule is CC(C)c1nc(COC(N)=O)n(CCc2ccncc2)c1S(=O)(=O)Oc1cc(F)cc(F)c1. The fourth-order valence-corrected chi connectivity index (χ4v) is 4.58. The quantitative estimate of drug-likeness (QED) is 0.466. The predicted molar refractivity (Wildman–Crippen MR) is 113 cm³/mol. The van der Waals surface area contributed by atoms with Gasteiger partial charge in [-0.25, -0.2) is 18.6 Å². The van der Waals surface area contributed by atoms with Crippen LogP contribution in [-0.4, -0.2) is 29.0 Å². The van der Waals surface area contributed by atoms with E-state index in [2.05, 4.69) is 9.97 Å². The number of carbonyl (C=O) groups excluding carboxylic acids is 1. The standard InChI is InChI=1S/C21H22F2N4O5S/c1-13(2)19-20(33(29,30)32-17-10-15(22)9-16(23)11-17)27(18(26-19)12-31-21(24)28)8-5-14-3-6-25-7-4-14/h3-4,6-7,9-11,13H,5,8,12H2,1-2H3,(H2,24,28). The van der Waals surface area contributed by atoms with Gasteiger partial charge < -0.3 is 19.2 Å². The van der Waals surface area contributed by atoms with Crippen molar-refractivity contribution in [2.24, 2.45) is 5.73 Å². The van der Waals surface area contributed by atoms with Crippen molar-refractivity contribution in [2.75, 3.05) is 0 Å². The van der Waals surface area contributed by atoms with Gasteiger partial charge in [0.1, 0.15) is 23.2 Å². The maximum Gasteiger partial charge on any atom is 0.404 e. The second-order valence-corrected chi connectivity index (χ2v) is 8.84. The fraction of sp³-hybridized carbons (Fsp3) is 0.286. The van der Waals surface area contributed by atoms with Crippen molar-refractivity contribution < 1.29 is 30.9 Å². The Morgan fingerprint density at radius 1 is 1.15 bits per heavy atom. The number of pyridine rings is 1. The molecule has 3 rings (SSSR count). The number of imidazole rings is 1. The maximum absolute atomic E-state index is 13.6. The van der Waals surface area contributed by atoms with Crippen molar-refractivity contribution in [3.8, 4) is 5.75 Å². The molecule has 0 atom stereocenters. The van der Waals surface area contributed by atoms with Crippen LogP contribution in [-0.2, 0) is 34.4 Å². The Labute approximate surface area is 189 Å². The third kappa shape index (κ3) is 6.04. The molecule has 2 aromatic heterocycles. The van der Waals surface area contributed by atoms with Gasteiger partial charge in [0.05, 0.1) is 5.69 Å². The van der Waals surface area contributed by atoms with Gasteiger partial charge in [-0.05, 0) is 30.0 Å². The van der Waals surface area contributed by atoms with E-state index in [1.807, 2.05) is 0 Å². The number of halogens is 2. The van der Waals surface area contributed by atoms with Gasteiger partial charge in [0.25, 0.3) is 0 Å². The molecule has 176 valence electrons. The summed E-state index contributed by atoms with van der Waals surface area (Å²) in [5, 5.41) is -0.306. The highest BCUT2D eigenvalue weighted by Crippen LogP contribution is 2.29. The molecule has 0 saturated heterocycles. The summed E-state index contributed by atoms with van der Waals surface area (Å²) in [5.41, 5.74) is 6.06. The van der Waals surface area contributed by atoms with Crippen molar-refractivity contribution in [1.82, 2.24) is 14.5 Å². The van der Waals surface area contributed by atoms with Crippen LogP contribution < -0.4 is 9.92 Å². The monoisotopic (exact) mass is 480 g/mol. The van der Waals surface area contributed by atoms with Gasteiger partial charge in [0, 0.05) is 37.1 Å². The lowest BCUT2D eigenvalue weighted by Gasteiger charge is -2.14. The molecule has 0 unspecified atom stereocenters. The first-order valence-corrected chi connectivity index (χ1v) is 11.3. The summed E-state index contributed by atoms with van der Waals surface area (Å²) in [6.07, 6.45) is 2.52. The Bertz CT molecular complexity index is 1230. The number of nitrogens with two attached hydrogens (primary N) is 1. The Hall–Kier alpha value is -3.54. The number of nitrogens with zero attached hydrogens (tertiary/aromatic N) is 3. The van der Waals surface area contributed by atoms with Crippen LogP contribution in [0.5, 0.6) is 5.75 Å². The summed E-state index contributed by atoms with van der Waals surface area (Å²) >= 11 is 0. The van der Waals surface area contributed by atoms with Gasteiger partial charge in [-0.1, -0.05) is 13.8 Å². The summed E-state index contributed by atoms with van der Waals surface area (Å²) in [6.45, 7) is 3.18. The van der Waals surface area contributed by atoms with E-state index in [0.717, 1.165) is 17.7 Å². The summed E-state index contributed by atoms with van der Waals surface area (Å²) in [5.74, 6) is -2.77. The molecule has 0 fully saturated rings. The van der Waals surface area contributed by atoms with Crippen LogP contribution in [0.2, 0.25) is 0 Å². The molecule has 0 radical (unpaired) electrons. The van der Waals surface area contributed by atoms with E-state index >= 15 is 0 Å². The molecule has 1 amide bonds. The molecule has 33 heavy (non-hydrogen) atoms. The normalized spacial score (nSPS) is 11.5. The first-order valence-electron chi connectivity index (χ1n) is 9.88. The second-order valence-electron chi connectivity index (χ2n) is 7.38. The van der Waals surface area contributed by atoms with E-state index in [4.69, 9.17) is 14.7 Å². The van der Waals surface area contributed by atoms with Crippen LogP contribution in [0.15, 0.2) is 47.8 Å². The van der Waals surface area contributed by atoms with Crippen LogP contribution in [0.1, 0.15) is 36.8 Å². The van der Waals surface area contributed by atoms with E-state index in [-0.39, 0.29) is 35.6 Å². The predicted octanol–water partition coefficient (Wildman–Crippen LogP) is 3.29. The molecule has 0 bridgehead atoms. The van der Waals surface area contributed by atoms with E-state index in [1.54, 1.807) is 38.4 Å². The van der Waals surface area contributed by atoms with E-state index < -0.39 is 33.6 Å². The maximum atomic E-state index is 13.6. The minimum Gasteiger partial charge on any atom is -0.442 e. The van der Waals surface area contributed by atoms with Crippen LogP contribution in [0.25, 0.3) is 0 Å². The summed E-state index contributed by atoms with van der Waals surface area (Å²) in [6, 6.07) is 5.63. The van der Waals surface area contributed by atoms with Crippen molar-refractivity contribution >= 4 is 16.2 Å². The van der Waals surface area contributed by atoms with E-state index in [9.17, 15) is 22.0 Å². The number of aryl methyl sites for hydroxylation is 1. The van der Waals surface area contributed by atoms with E-state index in [0.29, 0.717) is 12.5 Å². The molecule has 9 nitrogen and oxygen atoms in total. The first kappa shape index (κ1) is 24.1. The lowest BCUT2D eigenvalue weighted by molar-refractivity contribution is 0.145. The third-order valence-electron chi connectivity index (χ3n) is 4.57. The third-order valence-corrected chi connectivity index (χ3v) is 5.88. The number of aromatic nitrogens is 3. The average molecular weight is 480 g/mol. The van der Waals surface area contributed by atoms with Gasteiger partial charge in [-0.3, -0.25) is 4.98 Å². The van der Waals surface area contributed by atoms with Crippen LogP contribution >= 0.6 is 0 Å². The van der Waals surface area contributed by atoms with Crippen LogP contribution in [0, 0.1) is 11.6 Å². The summed E-state index contributed by atoms with van der Waals surface area (Å²) in [4.78, 5) is 19.4. The number of primary amides is 1. The largest absolute Gasteiger partial charge is 0.442 e. The number of carbonyl (C=O) groups is 1. The highest BCUT2D eigenvalue weighted by atomic mass is 32.2. The lowest BCUT2D eigenvalue weighted by Crippen LogP contribution is -2.20. The lowest BCUT2D eigenvalue weighted by atomic mass is 10.1. The second kappa shape index (κ2) is 9.94. The minimum absolute atomic E-state index is 0.122. The molecular formula is C21H22F2N4O5S. The highest BCUT2D eigenvalue weighted by molar-refractivity contribution is 7.87. The number of amides is 1. The number of hydrogen-bond acceptors (Lipinski definition) is 7. The topological polar surface area (TPSA) is 126 Å². The van der Waals surface area contributed by atoms with Crippen molar-refractivity contribution in [1.29, 1.82) is 0 Å². The van der Waals surface area contributed by atoms with Gasteiger partial charge in [-0.15, -0.1) is 0 Å². The average Bonchev–Trinajstić information content (AvgIpc) is 3.10. The van der Waals surface area contributed by atoms with Crippen LogP contribution in [0.3, 0.4) is 0 Å². The molecule has 0 aliphatic rings. The molecule has 2 N–H and O–H groups in total. The number of ether oxygens (including phenoxy) is 1. The molecule has 0 aliphatic heterocycles. The molecule has 3 aromatic rings. The van der Waals surface area contributed by atoms with Gasteiger partial charge in [0.15, 0.2) is 11.6 Å². The Kier molecular flexibility index (Phi) is 7.26. The van der Waals surface area contributed by atoms with E-state index in [1.165, 1.54) is 4.57 Å². The number of hydrogen-bond donors (Lipinski definition) is 1. The van der Waals surface area contributed by atoms with Gasteiger partial charge in [0.2, 0.25) is 0 Å². The minimum atomic E-state index is -4.59. The molecule has 1 aromatic carbocycles. The van der Waals surface area contributed by atoms with Crippen molar-refractivity contribution in [3.05, 3.63) is 71.4 Å². The van der Waals surface area contributed by atoms with Crippen molar-refractivity contribution in [2.45, 2.75) is 44.4 Å². The Balaban J connectivity index is 2.08. The number of rotatable bonds is 9. The highest BCUT2D eigenvalue weighted by Gasteiger charge is 2.32. The Morgan fingerprint density at radius 3 is 2.36 bits per heavy atom. The molecule has 0 aliphatic carbocycles. The zero-order valence-corrected chi connectivity index (χ0v) is 18.7. The summed E-state index contributed by atoms with van der Waals surface area (Å²) < 4.78 is 64.9. The Morgan fingerprint density at radius 2 is 1.79 bits per heavy atom. The fourth-order valence-electron chi connectivity index (χ4n) is 3.15. The molecular weight excluding hydrogens is 458 g/mol. The molecule has 0 saturated carbocycles. The van der Waals surface area contributed by atoms with Crippen molar-refractivity contribution in [3.63, 3.8) is 0 Å². The molecule has 12 heteroatoms. The number of benzene rings is 1.